The van der Waals surface area contributed by atoms with Gasteiger partial charge < -0.3 is 18.9 Å². The van der Waals surface area contributed by atoms with Crippen molar-refractivity contribution < 1.29 is 27.7 Å². The minimum atomic E-state index is -2.22. The summed E-state index contributed by atoms with van der Waals surface area (Å²) in [5.74, 6) is 1.76. The molecule has 0 amide bonds. The second-order valence-corrected chi connectivity index (χ2v) is 8.83. The van der Waals surface area contributed by atoms with Crippen molar-refractivity contribution in [3.8, 4) is 11.5 Å². The van der Waals surface area contributed by atoms with Crippen molar-refractivity contribution in [2.75, 3.05) is 13.2 Å². The summed E-state index contributed by atoms with van der Waals surface area (Å²) in [6, 6.07) is 0. The molecule has 6 heteroatoms. The second kappa shape index (κ2) is 12.0. The highest BCUT2D eigenvalue weighted by Gasteiger charge is 2.25. The predicted octanol–water partition coefficient (Wildman–Crippen LogP) is 6.79. The van der Waals surface area contributed by atoms with Gasteiger partial charge >= 0.3 is 0 Å². The SMILES string of the molecule is Cc1c(C)c(OC2CCCCO2)c(CCCCCC(F)F)c(C)c1OC1CCCCO1. The van der Waals surface area contributed by atoms with Crippen molar-refractivity contribution in [2.24, 2.45) is 0 Å². The summed E-state index contributed by atoms with van der Waals surface area (Å²) in [5.41, 5.74) is 4.31. The average molecular weight is 441 g/mol. The standard InChI is InChI=1S/C25H38F2O4/c1-17-18(2)25(31-23-14-8-10-16-29-23)20(11-5-4-6-12-21(26)27)19(3)24(17)30-22-13-7-9-15-28-22/h21-23H,4-16H2,1-3H3. The van der Waals surface area contributed by atoms with Crippen LogP contribution in [0.3, 0.4) is 0 Å². The molecule has 2 saturated heterocycles. The lowest BCUT2D eigenvalue weighted by molar-refractivity contribution is -0.108. The maximum Gasteiger partial charge on any atom is 0.238 e. The van der Waals surface area contributed by atoms with Crippen LogP contribution in [0.25, 0.3) is 0 Å². The molecule has 2 atom stereocenters. The average Bonchev–Trinajstić information content (AvgIpc) is 2.77. The minimum absolute atomic E-state index is 0.0292. The molecule has 31 heavy (non-hydrogen) atoms. The van der Waals surface area contributed by atoms with Gasteiger partial charge in [0.05, 0.1) is 13.2 Å². The first kappa shape index (κ1) is 24.2. The van der Waals surface area contributed by atoms with Crippen molar-refractivity contribution in [1.82, 2.24) is 0 Å². The van der Waals surface area contributed by atoms with Gasteiger partial charge in [-0.1, -0.05) is 6.42 Å². The number of hydrogen-bond donors (Lipinski definition) is 0. The summed E-state index contributed by atoms with van der Waals surface area (Å²) in [6.07, 6.45) is 6.41. The Balaban J connectivity index is 1.82. The van der Waals surface area contributed by atoms with Crippen LogP contribution in [0.4, 0.5) is 8.78 Å². The topological polar surface area (TPSA) is 36.9 Å². The predicted molar refractivity (Wildman–Crippen MR) is 117 cm³/mol. The third-order valence-electron chi connectivity index (χ3n) is 6.43. The first-order valence-corrected chi connectivity index (χ1v) is 11.9. The van der Waals surface area contributed by atoms with Gasteiger partial charge in [0.25, 0.3) is 0 Å². The van der Waals surface area contributed by atoms with Crippen LogP contribution in [0, 0.1) is 20.8 Å². The van der Waals surface area contributed by atoms with E-state index >= 15 is 0 Å². The van der Waals surface area contributed by atoms with E-state index in [0.29, 0.717) is 6.42 Å². The molecule has 0 aromatic heterocycles. The molecule has 2 fully saturated rings. The van der Waals surface area contributed by atoms with E-state index in [1.165, 1.54) is 0 Å². The molecular formula is C25H38F2O4. The number of unbranched alkanes of at least 4 members (excludes halogenated alkanes) is 2. The Kier molecular flexibility index (Phi) is 9.39. The molecule has 2 aliphatic rings. The van der Waals surface area contributed by atoms with Crippen LogP contribution >= 0.6 is 0 Å². The van der Waals surface area contributed by atoms with Crippen LogP contribution in [0.5, 0.6) is 11.5 Å². The zero-order valence-corrected chi connectivity index (χ0v) is 19.3. The lowest BCUT2D eigenvalue weighted by atomic mass is 9.93. The maximum atomic E-state index is 12.5. The Morgan fingerprint density at radius 2 is 1.35 bits per heavy atom. The largest absolute Gasteiger partial charge is 0.464 e. The molecule has 176 valence electrons. The van der Waals surface area contributed by atoms with E-state index in [4.69, 9.17) is 18.9 Å². The van der Waals surface area contributed by atoms with Gasteiger partial charge in [-0.05, 0) is 82.4 Å². The summed E-state index contributed by atoms with van der Waals surface area (Å²) >= 11 is 0. The molecule has 1 aromatic rings. The highest BCUT2D eigenvalue weighted by molar-refractivity contribution is 5.58. The third kappa shape index (κ3) is 6.79. The monoisotopic (exact) mass is 440 g/mol. The van der Waals surface area contributed by atoms with Gasteiger partial charge in [0.15, 0.2) is 12.6 Å². The third-order valence-corrected chi connectivity index (χ3v) is 6.43. The highest BCUT2D eigenvalue weighted by atomic mass is 19.3. The van der Waals surface area contributed by atoms with E-state index in [0.717, 1.165) is 105 Å². The summed E-state index contributed by atoms with van der Waals surface area (Å²) in [4.78, 5) is 0. The summed E-state index contributed by atoms with van der Waals surface area (Å²) in [5, 5.41) is 0. The van der Waals surface area contributed by atoms with E-state index in [9.17, 15) is 8.78 Å². The van der Waals surface area contributed by atoms with Crippen molar-refractivity contribution >= 4 is 0 Å². The fourth-order valence-corrected chi connectivity index (χ4v) is 4.44. The van der Waals surface area contributed by atoms with E-state index in [1.54, 1.807) is 0 Å². The molecule has 0 aliphatic carbocycles. The van der Waals surface area contributed by atoms with Crippen molar-refractivity contribution in [1.29, 1.82) is 0 Å². The zero-order chi connectivity index (χ0) is 22.2. The molecule has 1 aromatic carbocycles. The lowest BCUT2D eigenvalue weighted by Gasteiger charge is -2.30. The lowest BCUT2D eigenvalue weighted by Crippen LogP contribution is -2.27. The summed E-state index contributed by atoms with van der Waals surface area (Å²) in [6.45, 7) is 7.68. The van der Waals surface area contributed by atoms with Crippen molar-refractivity contribution in [3.05, 3.63) is 22.3 Å². The first-order valence-electron chi connectivity index (χ1n) is 11.9. The Bertz CT molecular complexity index is 695. The van der Waals surface area contributed by atoms with Crippen molar-refractivity contribution in [3.63, 3.8) is 0 Å². The number of ether oxygens (including phenoxy) is 4. The van der Waals surface area contributed by atoms with Crippen LogP contribution in [0.15, 0.2) is 0 Å². The fraction of sp³-hybridized carbons (Fsp3) is 0.760. The van der Waals surface area contributed by atoms with Gasteiger partial charge in [0, 0.05) is 24.8 Å². The van der Waals surface area contributed by atoms with Crippen LogP contribution in [-0.2, 0) is 15.9 Å². The highest BCUT2D eigenvalue weighted by Crippen LogP contribution is 2.41. The molecule has 0 saturated carbocycles. The molecule has 3 rings (SSSR count). The number of rotatable bonds is 10. The van der Waals surface area contributed by atoms with Gasteiger partial charge in [-0.25, -0.2) is 8.78 Å². The normalized spacial score (nSPS) is 22.0. The Morgan fingerprint density at radius 3 is 1.90 bits per heavy atom. The molecule has 0 N–H and O–H groups in total. The van der Waals surface area contributed by atoms with E-state index < -0.39 is 6.43 Å². The van der Waals surface area contributed by atoms with Crippen LogP contribution in [-0.4, -0.2) is 32.2 Å². The molecule has 0 spiro atoms. The molecule has 2 aliphatic heterocycles. The summed E-state index contributed by atoms with van der Waals surface area (Å²) in [7, 11) is 0. The first-order chi connectivity index (χ1) is 15.0. The van der Waals surface area contributed by atoms with E-state index in [1.807, 2.05) is 0 Å². The van der Waals surface area contributed by atoms with Crippen molar-refractivity contribution in [2.45, 2.75) is 110 Å². The van der Waals surface area contributed by atoms with E-state index in [-0.39, 0.29) is 19.0 Å². The number of benzene rings is 1. The van der Waals surface area contributed by atoms with E-state index in [2.05, 4.69) is 20.8 Å². The zero-order valence-electron chi connectivity index (χ0n) is 19.3. The molecule has 2 unspecified atom stereocenters. The molecule has 0 bridgehead atoms. The number of halogens is 2. The number of hydrogen-bond acceptors (Lipinski definition) is 4. The Hall–Kier alpha value is -1.40. The van der Waals surface area contributed by atoms with Crippen LogP contribution < -0.4 is 9.47 Å². The minimum Gasteiger partial charge on any atom is -0.464 e. The van der Waals surface area contributed by atoms with Gasteiger partial charge in [-0.3, -0.25) is 0 Å². The Morgan fingerprint density at radius 1 is 0.774 bits per heavy atom. The van der Waals surface area contributed by atoms with Crippen LogP contribution in [0.1, 0.15) is 86.5 Å². The van der Waals surface area contributed by atoms with Crippen LogP contribution in [0.2, 0.25) is 0 Å². The summed E-state index contributed by atoms with van der Waals surface area (Å²) < 4.78 is 49.3. The molecular weight excluding hydrogens is 402 g/mol. The number of alkyl halides is 2. The molecule has 0 radical (unpaired) electrons. The van der Waals surface area contributed by atoms with Gasteiger partial charge in [0.2, 0.25) is 6.43 Å². The quantitative estimate of drug-likeness (QED) is 0.375. The fourth-order valence-electron chi connectivity index (χ4n) is 4.44. The van der Waals surface area contributed by atoms with Gasteiger partial charge in [-0.15, -0.1) is 0 Å². The molecule has 4 nitrogen and oxygen atoms in total. The van der Waals surface area contributed by atoms with Gasteiger partial charge in [0.1, 0.15) is 11.5 Å². The molecule has 2 heterocycles. The smallest absolute Gasteiger partial charge is 0.238 e. The Labute approximate surface area is 185 Å². The maximum absolute atomic E-state index is 12.5. The second-order valence-electron chi connectivity index (χ2n) is 8.83. The van der Waals surface area contributed by atoms with Gasteiger partial charge in [-0.2, -0.15) is 0 Å².